The first-order chi connectivity index (χ1) is 8.11. The van der Waals surface area contributed by atoms with Crippen molar-refractivity contribution in [1.29, 1.82) is 0 Å². The molecular weight excluding hydrogens is 230 g/mol. The molecule has 3 N–H and O–H groups in total. The summed E-state index contributed by atoms with van der Waals surface area (Å²) in [6, 6.07) is 1.32. The molecule has 1 fully saturated rings. The fourth-order valence-electron chi connectivity index (χ4n) is 1.45. The van der Waals surface area contributed by atoms with Gasteiger partial charge >= 0.3 is 5.69 Å². The number of ether oxygens (including phenoxy) is 2. The van der Waals surface area contributed by atoms with Crippen LogP contribution in [0.1, 0.15) is 16.7 Å². The second-order valence-electron chi connectivity index (χ2n) is 3.40. The summed E-state index contributed by atoms with van der Waals surface area (Å²) in [6.07, 6.45) is -0.0553. The molecule has 1 aliphatic heterocycles. The van der Waals surface area contributed by atoms with Gasteiger partial charge in [-0.2, -0.15) is 4.98 Å². The lowest BCUT2D eigenvalue weighted by Crippen LogP contribution is -2.30. The van der Waals surface area contributed by atoms with Gasteiger partial charge in [-0.25, -0.2) is 4.79 Å². The number of amides is 1. The Morgan fingerprint density at radius 1 is 1.71 bits per heavy atom. The number of nitrogens with two attached hydrogens (primary N) is 1. The molecule has 1 aromatic heterocycles. The normalized spacial score (nSPS) is 23.8. The summed E-state index contributed by atoms with van der Waals surface area (Å²) in [5.74, 6) is -0.772. The fourth-order valence-corrected chi connectivity index (χ4v) is 1.45. The number of aliphatic hydroxyl groups is 1. The van der Waals surface area contributed by atoms with Crippen LogP contribution < -0.4 is 11.4 Å². The molecule has 1 saturated heterocycles. The maximum absolute atomic E-state index is 11.6. The molecule has 2 rings (SSSR count). The van der Waals surface area contributed by atoms with Crippen LogP contribution >= 0.6 is 0 Å². The predicted octanol–water partition coefficient (Wildman–Crippen LogP) is -1.79. The SMILES string of the molecule is NC(=O)c1ccn(C2COC(CO)O2)c(=O)n1. The van der Waals surface area contributed by atoms with Gasteiger partial charge in [-0.1, -0.05) is 0 Å². The molecule has 8 heteroatoms. The molecule has 0 aliphatic carbocycles. The maximum atomic E-state index is 11.6. The molecule has 8 nitrogen and oxygen atoms in total. The summed E-state index contributed by atoms with van der Waals surface area (Å²) in [4.78, 5) is 25.9. The predicted molar refractivity (Wildman–Crippen MR) is 54.0 cm³/mol. The van der Waals surface area contributed by atoms with Gasteiger partial charge in [0, 0.05) is 6.20 Å². The Bertz CT molecular complexity index is 486. The van der Waals surface area contributed by atoms with Crippen LogP contribution in [0, 0.1) is 0 Å². The van der Waals surface area contributed by atoms with Gasteiger partial charge in [0.15, 0.2) is 12.5 Å². The van der Waals surface area contributed by atoms with Crippen LogP contribution in [-0.2, 0) is 9.47 Å². The Morgan fingerprint density at radius 2 is 2.47 bits per heavy atom. The molecule has 0 radical (unpaired) electrons. The smallest absolute Gasteiger partial charge is 0.350 e. The highest BCUT2D eigenvalue weighted by Gasteiger charge is 2.27. The summed E-state index contributed by atoms with van der Waals surface area (Å²) in [6.45, 7) is -0.166. The van der Waals surface area contributed by atoms with E-state index in [-0.39, 0.29) is 18.9 Å². The van der Waals surface area contributed by atoms with Crippen molar-refractivity contribution in [3.8, 4) is 0 Å². The van der Waals surface area contributed by atoms with Gasteiger partial charge in [-0.15, -0.1) is 0 Å². The number of rotatable bonds is 3. The number of hydrogen-bond donors (Lipinski definition) is 2. The molecule has 92 valence electrons. The average molecular weight is 241 g/mol. The molecular formula is C9H11N3O5. The second-order valence-corrected chi connectivity index (χ2v) is 3.40. The van der Waals surface area contributed by atoms with E-state index in [4.69, 9.17) is 20.3 Å². The highest BCUT2D eigenvalue weighted by Crippen LogP contribution is 2.18. The van der Waals surface area contributed by atoms with Crippen molar-refractivity contribution in [2.75, 3.05) is 13.2 Å². The second kappa shape index (κ2) is 4.62. The third-order valence-corrected chi connectivity index (χ3v) is 2.28. The van der Waals surface area contributed by atoms with E-state index in [2.05, 4.69) is 4.98 Å². The molecule has 1 aromatic rings. The van der Waals surface area contributed by atoms with Crippen molar-refractivity contribution in [3.05, 3.63) is 28.4 Å². The lowest BCUT2D eigenvalue weighted by Gasteiger charge is -2.11. The number of aliphatic hydroxyl groups excluding tert-OH is 1. The van der Waals surface area contributed by atoms with Crippen LogP contribution in [-0.4, -0.2) is 40.1 Å². The van der Waals surface area contributed by atoms with Gasteiger partial charge in [0.25, 0.3) is 5.91 Å². The number of carbonyl (C=O) groups excluding carboxylic acids is 1. The topological polar surface area (TPSA) is 117 Å². The molecule has 0 saturated carbocycles. The minimum absolute atomic E-state index is 0.108. The van der Waals surface area contributed by atoms with E-state index in [1.54, 1.807) is 0 Å². The van der Waals surface area contributed by atoms with Gasteiger partial charge in [0.05, 0.1) is 13.2 Å². The van der Waals surface area contributed by atoms with Gasteiger partial charge in [0.1, 0.15) is 5.69 Å². The zero-order chi connectivity index (χ0) is 12.4. The highest BCUT2D eigenvalue weighted by atomic mass is 16.7. The monoisotopic (exact) mass is 241 g/mol. The van der Waals surface area contributed by atoms with Crippen molar-refractivity contribution in [2.24, 2.45) is 5.73 Å². The number of carbonyl (C=O) groups is 1. The minimum Gasteiger partial charge on any atom is -0.391 e. The van der Waals surface area contributed by atoms with Crippen molar-refractivity contribution >= 4 is 5.91 Å². The maximum Gasteiger partial charge on any atom is 0.350 e. The van der Waals surface area contributed by atoms with E-state index in [1.807, 2.05) is 0 Å². The van der Waals surface area contributed by atoms with Crippen molar-refractivity contribution in [2.45, 2.75) is 12.5 Å². The molecule has 17 heavy (non-hydrogen) atoms. The summed E-state index contributed by atoms with van der Waals surface area (Å²) in [5.41, 5.74) is 4.22. The zero-order valence-electron chi connectivity index (χ0n) is 8.78. The Morgan fingerprint density at radius 3 is 3.00 bits per heavy atom. The van der Waals surface area contributed by atoms with E-state index < -0.39 is 24.1 Å². The van der Waals surface area contributed by atoms with Crippen molar-refractivity contribution in [1.82, 2.24) is 9.55 Å². The van der Waals surface area contributed by atoms with Crippen molar-refractivity contribution in [3.63, 3.8) is 0 Å². The van der Waals surface area contributed by atoms with Crippen LogP contribution in [0.15, 0.2) is 17.1 Å². The van der Waals surface area contributed by atoms with Gasteiger partial charge in [0.2, 0.25) is 0 Å². The largest absolute Gasteiger partial charge is 0.391 e. The summed E-state index contributed by atoms with van der Waals surface area (Å²) >= 11 is 0. The molecule has 2 heterocycles. The van der Waals surface area contributed by atoms with E-state index in [9.17, 15) is 9.59 Å². The minimum atomic E-state index is -0.772. The molecule has 1 aliphatic rings. The van der Waals surface area contributed by atoms with Crippen LogP contribution in [0.3, 0.4) is 0 Å². The molecule has 2 unspecified atom stereocenters. The van der Waals surface area contributed by atoms with Crippen LogP contribution in [0.2, 0.25) is 0 Å². The first kappa shape index (κ1) is 11.7. The fraction of sp³-hybridized carbons (Fsp3) is 0.444. The Balaban J connectivity index is 2.23. The zero-order valence-corrected chi connectivity index (χ0v) is 8.78. The number of nitrogens with zero attached hydrogens (tertiary/aromatic N) is 2. The van der Waals surface area contributed by atoms with E-state index in [1.165, 1.54) is 16.8 Å². The molecule has 0 aromatic carbocycles. The van der Waals surface area contributed by atoms with E-state index in [0.29, 0.717) is 0 Å². The molecule has 0 bridgehead atoms. The Labute approximate surface area is 95.6 Å². The molecule has 0 spiro atoms. The van der Waals surface area contributed by atoms with Crippen LogP contribution in [0.5, 0.6) is 0 Å². The van der Waals surface area contributed by atoms with Crippen molar-refractivity contribution < 1.29 is 19.4 Å². The summed E-state index contributed by atoms with van der Waals surface area (Å²) in [5, 5.41) is 8.80. The quantitative estimate of drug-likeness (QED) is 0.645. The van der Waals surface area contributed by atoms with E-state index in [0.717, 1.165) is 0 Å². The lowest BCUT2D eigenvalue weighted by molar-refractivity contribution is -0.0992. The Kier molecular flexibility index (Phi) is 3.18. The third-order valence-electron chi connectivity index (χ3n) is 2.28. The first-order valence-electron chi connectivity index (χ1n) is 4.88. The highest BCUT2D eigenvalue weighted by molar-refractivity contribution is 5.90. The summed E-state index contributed by atoms with van der Waals surface area (Å²) in [7, 11) is 0. The van der Waals surface area contributed by atoms with E-state index >= 15 is 0 Å². The third kappa shape index (κ3) is 2.33. The number of aromatic nitrogens is 2. The van der Waals surface area contributed by atoms with Crippen LogP contribution in [0.25, 0.3) is 0 Å². The Hall–Kier alpha value is -1.77. The lowest BCUT2D eigenvalue weighted by atomic mass is 10.4. The standard InChI is InChI=1S/C9H11N3O5/c10-8(14)5-1-2-12(9(15)11-5)6-4-16-7(3-13)17-6/h1-2,6-7,13H,3-4H2,(H2,10,14). The number of primary amides is 1. The first-order valence-corrected chi connectivity index (χ1v) is 4.88. The van der Waals surface area contributed by atoms with Crippen LogP contribution in [0.4, 0.5) is 0 Å². The van der Waals surface area contributed by atoms with Gasteiger partial charge in [-0.05, 0) is 6.07 Å². The van der Waals surface area contributed by atoms with Gasteiger partial charge < -0.3 is 20.3 Å². The van der Waals surface area contributed by atoms with Gasteiger partial charge in [-0.3, -0.25) is 9.36 Å². The average Bonchev–Trinajstić information content (AvgIpc) is 2.77. The summed E-state index contributed by atoms with van der Waals surface area (Å²) < 4.78 is 11.4. The molecule has 1 amide bonds. The molecule has 2 atom stereocenters. The number of hydrogen-bond acceptors (Lipinski definition) is 6.